The van der Waals surface area contributed by atoms with E-state index in [0.717, 1.165) is 33.2 Å². The van der Waals surface area contributed by atoms with Crippen LogP contribution in [0.5, 0.6) is 11.5 Å². The van der Waals surface area contributed by atoms with Crippen molar-refractivity contribution in [3.8, 4) is 11.5 Å². The first kappa shape index (κ1) is 21.6. The second kappa shape index (κ2) is 9.26. The SMILES string of the molecule is COc1ccc2c(c1)C(=O)N[NH+]2Cc1ccc(OCc2ccc3ccccc3[nH+]2)cc1.[Cl-]. The van der Waals surface area contributed by atoms with Crippen molar-refractivity contribution in [1.29, 1.82) is 0 Å². The van der Waals surface area contributed by atoms with Crippen LogP contribution >= 0.6 is 0 Å². The van der Waals surface area contributed by atoms with Crippen LogP contribution in [0.3, 0.4) is 0 Å². The molecule has 1 aliphatic heterocycles. The van der Waals surface area contributed by atoms with Gasteiger partial charge in [-0.05, 0) is 48.5 Å². The molecule has 0 radical (unpaired) electrons. The predicted octanol–water partition coefficient (Wildman–Crippen LogP) is -0.379. The first-order chi connectivity index (χ1) is 15.2. The summed E-state index contributed by atoms with van der Waals surface area (Å²) in [4.78, 5) is 15.7. The van der Waals surface area contributed by atoms with E-state index >= 15 is 0 Å². The third kappa shape index (κ3) is 4.37. The molecular weight excluding hydrogens is 426 g/mol. The number of H-pyrrole nitrogens is 1. The van der Waals surface area contributed by atoms with Gasteiger partial charge in [-0.15, -0.1) is 0 Å². The van der Waals surface area contributed by atoms with Crippen LogP contribution in [0.2, 0.25) is 0 Å². The minimum absolute atomic E-state index is 0. The predicted molar refractivity (Wildman–Crippen MR) is 116 cm³/mol. The Hall–Kier alpha value is -3.61. The largest absolute Gasteiger partial charge is 1.00 e. The Bertz CT molecular complexity index is 1260. The van der Waals surface area contributed by atoms with E-state index in [4.69, 9.17) is 9.47 Å². The van der Waals surface area contributed by atoms with E-state index in [9.17, 15) is 4.79 Å². The number of para-hydroxylation sites is 1. The summed E-state index contributed by atoms with van der Waals surface area (Å²) in [6, 6.07) is 25.9. The normalized spacial score (nSPS) is 14.4. The Labute approximate surface area is 192 Å². The first-order valence-corrected chi connectivity index (χ1v) is 10.2. The number of amides is 1. The van der Waals surface area contributed by atoms with Crippen molar-refractivity contribution in [1.82, 2.24) is 5.43 Å². The molecule has 5 rings (SSSR count). The number of nitrogens with one attached hydrogen (secondary N) is 3. The highest BCUT2D eigenvalue weighted by Gasteiger charge is 2.32. The smallest absolute Gasteiger partial charge is 0.302 e. The molecule has 32 heavy (non-hydrogen) atoms. The highest BCUT2D eigenvalue weighted by atomic mass is 35.5. The van der Waals surface area contributed by atoms with Crippen LogP contribution in [-0.4, -0.2) is 13.0 Å². The zero-order valence-electron chi connectivity index (χ0n) is 17.5. The number of aromatic nitrogens is 1. The average Bonchev–Trinajstić information content (AvgIpc) is 3.12. The number of methoxy groups -OCH3 is 1. The summed E-state index contributed by atoms with van der Waals surface area (Å²) in [6.45, 7) is 1.11. The van der Waals surface area contributed by atoms with E-state index in [2.05, 4.69) is 28.6 Å². The molecule has 162 valence electrons. The van der Waals surface area contributed by atoms with Gasteiger partial charge in [0, 0.05) is 29.1 Å². The van der Waals surface area contributed by atoms with Crippen molar-refractivity contribution in [2.75, 3.05) is 7.11 Å². The van der Waals surface area contributed by atoms with Gasteiger partial charge in [-0.3, -0.25) is 4.79 Å². The molecule has 4 aromatic rings. The molecule has 1 aliphatic rings. The zero-order chi connectivity index (χ0) is 21.2. The number of halogens is 1. The van der Waals surface area contributed by atoms with Gasteiger partial charge in [0.05, 0.1) is 7.11 Å². The zero-order valence-corrected chi connectivity index (χ0v) is 18.3. The Morgan fingerprint density at radius 1 is 0.938 bits per heavy atom. The van der Waals surface area contributed by atoms with Crippen molar-refractivity contribution >= 4 is 22.5 Å². The molecule has 0 bridgehead atoms. The van der Waals surface area contributed by atoms with E-state index in [1.165, 1.54) is 5.39 Å². The van der Waals surface area contributed by atoms with Crippen molar-refractivity contribution in [3.63, 3.8) is 0 Å². The minimum atomic E-state index is -0.0875. The van der Waals surface area contributed by atoms with Crippen LogP contribution < -0.4 is 37.3 Å². The standard InChI is InChI=1S/C25H21N3O3.ClH/c1-30-21-12-13-24-22(14-21)25(29)27-28(24)15-17-6-10-20(11-7-17)31-16-19-9-8-18-4-2-3-5-23(18)26-19;/h2-14H,15-16H2,1H3,(H,27,29);1H/p+1. The fraction of sp³-hybridized carbons (Fsp3) is 0.120. The van der Waals surface area contributed by atoms with Gasteiger partial charge in [-0.1, -0.05) is 12.1 Å². The molecule has 3 N–H and O–H groups in total. The van der Waals surface area contributed by atoms with Crippen LogP contribution in [0.15, 0.2) is 78.9 Å². The Balaban J connectivity index is 0.00000245. The summed E-state index contributed by atoms with van der Waals surface area (Å²) in [5.41, 5.74) is 7.77. The number of aromatic amines is 1. The topological polar surface area (TPSA) is 66.1 Å². The lowest BCUT2D eigenvalue weighted by molar-refractivity contribution is -0.880. The second-order valence-electron chi connectivity index (χ2n) is 7.52. The van der Waals surface area contributed by atoms with E-state index in [0.29, 0.717) is 24.5 Å². The molecule has 3 aromatic carbocycles. The average molecular weight is 449 g/mol. The Morgan fingerprint density at radius 2 is 1.72 bits per heavy atom. The molecule has 0 saturated carbocycles. The Kier molecular flexibility index (Phi) is 6.25. The van der Waals surface area contributed by atoms with Gasteiger partial charge in [0.1, 0.15) is 23.6 Å². The third-order valence-corrected chi connectivity index (χ3v) is 5.48. The van der Waals surface area contributed by atoms with Gasteiger partial charge in [-0.25, -0.2) is 4.98 Å². The number of benzene rings is 3. The van der Waals surface area contributed by atoms with E-state index in [-0.39, 0.29) is 18.3 Å². The van der Waals surface area contributed by atoms with Gasteiger partial charge in [0.15, 0.2) is 12.3 Å². The van der Waals surface area contributed by atoms with E-state index in [1.54, 1.807) is 13.2 Å². The van der Waals surface area contributed by atoms with Gasteiger partial charge < -0.3 is 21.9 Å². The Morgan fingerprint density at radius 3 is 2.53 bits per heavy atom. The lowest BCUT2D eigenvalue weighted by Crippen LogP contribution is -3.11. The van der Waals surface area contributed by atoms with Crippen LogP contribution in [0, 0.1) is 0 Å². The third-order valence-electron chi connectivity index (χ3n) is 5.48. The minimum Gasteiger partial charge on any atom is -1.00 e. The molecule has 0 spiro atoms. The first-order valence-electron chi connectivity index (χ1n) is 10.2. The summed E-state index contributed by atoms with van der Waals surface area (Å²) in [7, 11) is 1.60. The highest BCUT2D eigenvalue weighted by molar-refractivity contribution is 5.99. The monoisotopic (exact) mass is 448 g/mol. The van der Waals surface area contributed by atoms with Crippen molar-refractivity contribution < 1.29 is 36.7 Å². The molecule has 1 amide bonds. The van der Waals surface area contributed by atoms with Crippen LogP contribution in [0.4, 0.5) is 5.69 Å². The maximum atomic E-state index is 12.3. The molecule has 1 atom stereocenters. The maximum Gasteiger partial charge on any atom is 0.302 e. The fourth-order valence-electron chi connectivity index (χ4n) is 3.83. The highest BCUT2D eigenvalue weighted by Crippen LogP contribution is 2.22. The fourth-order valence-corrected chi connectivity index (χ4v) is 3.83. The second-order valence-corrected chi connectivity index (χ2v) is 7.52. The van der Waals surface area contributed by atoms with E-state index < -0.39 is 0 Å². The van der Waals surface area contributed by atoms with Crippen LogP contribution in [0.1, 0.15) is 21.6 Å². The number of quaternary nitrogens is 1. The summed E-state index contributed by atoms with van der Waals surface area (Å²) >= 11 is 0. The molecule has 7 heteroatoms. The van der Waals surface area contributed by atoms with E-state index in [1.807, 2.05) is 54.6 Å². The van der Waals surface area contributed by atoms with Gasteiger partial charge >= 0.3 is 5.91 Å². The van der Waals surface area contributed by atoms with Crippen molar-refractivity contribution in [2.45, 2.75) is 13.2 Å². The quantitative estimate of drug-likeness (QED) is 0.422. The number of ether oxygens (including phenoxy) is 2. The molecule has 0 saturated heterocycles. The lowest BCUT2D eigenvalue weighted by Gasteiger charge is -2.13. The molecule has 0 aliphatic carbocycles. The lowest BCUT2D eigenvalue weighted by atomic mass is 10.1. The molecular formula is C25H23ClN3O3+. The number of carbonyl (C=O) groups excluding carboxylic acids is 1. The van der Waals surface area contributed by atoms with Crippen LogP contribution in [-0.2, 0) is 13.2 Å². The summed E-state index contributed by atoms with van der Waals surface area (Å²) in [5.74, 6) is 1.40. The number of hydrogen-bond donors (Lipinski definition) is 2. The number of carbonyl (C=O) groups is 1. The van der Waals surface area contributed by atoms with Gasteiger partial charge in [0.2, 0.25) is 11.2 Å². The summed E-state index contributed by atoms with van der Waals surface area (Å²) < 4.78 is 11.2. The summed E-state index contributed by atoms with van der Waals surface area (Å²) in [6.07, 6.45) is 0. The molecule has 2 heterocycles. The number of fused-ring (bicyclic) bond motifs is 2. The number of rotatable bonds is 6. The molecule has 6 nitrogen and oxygen atoms in total. The van der Waals surface area contributed by atoms with Crippen molar-refractivity contribution in [3.05, 3.63) is 95.7 Å². The molecule has 1 unspecified atom stereocenters. The van der Waals surface area contributed by atoms with Crippen LogP contribution in [0.25, 0.3) is 10.9 Å². The maximum absolute atomic E-state index is 12.3. The summed E-state index contributed by atoms with van der Waals surface area (Å²) in [5, 5.41) is 2.08. The number of hydrogen-bond acceptors (Lipinski definition) is 3. The van der Waals surface area contributed by atoms with Crippen molar-refractivity contribution in [2.24, 2.45) is 0 Å². The molecule has 0 fully saturated rings. The number of pyridine rings is 1. The van der Waals surface area contributed by atoms with Gasteiger partial charge in [0.25, 0.3) is 0 Å². The van der Waals surface area contributed by atoms with Gasteiger partial charge in [-0.2, -0.15) is 10.4 Å². The molecule has 1 aromatic heterocycles.